The maximum Gasteiger partial charge on any atom is 0.175 e. The zero-order valence-corrected chi connectivity index (χ0v) is 10.6. The molecule has 2 rings (SSSR count). The van der Waals surface area contributed by atoms with Crippen LogP contribution < -0.4 is 4.90 Å². The van der Waals surface area contributed by atoms with Gasteiger partial charge in [-0.25, -0.2) is 0 Å². The van der Waals surface area contributed by atoms with E-state index in [0.29, 0.717) is 5.69 Å². The molecule has 0 atom stereocenters. The molecule has 0 aliphatic heterocycles. The molecule has 1 aromatic heterocycles. The number of para-hydroxylation sites is 1. The highest BCUT2D eigenvalue weighted by Crippen LogP contribution is 2.26. The Labute approximate surface area is 101 Å². The molecule has 1 aromatic carbocycles. The Morgan fingerprint density at radius 1 is 1.29 bits per heavy atom. The number of aromatic nitrogens is 1. The highest BCUT2D eigenvalue weighted by atomic mass is 16.1. The van der Waals surface area contributed by atoms with E-state index in [9.17, 15) is 4.79 Å². The third-order valence-corrected chi connectivity index (χ3v) is 3.12. The Morgan fingerprint density at radius 3 is 2.59 bits per heavy atom. The van der Waals surface area contributed by atoms with E-state index in [1.54, 1.807) is 6.92 Å². The summed E-state index contributed by atoms with van der Waals surface area (Å²) < 4.78 is 0. The van der Waals surface area contributed by atoms with Crippen molar-refractivity contribution in [2.45, 2.75) is 20.8 Å². The molecule has 0 amide bonds. The summed E-state index contributed by atoms with van der Waals surface area (Å²) in [5.74, 6) is 0.0756. The first-order chi connectivity index (χ1) is 8.17. The van der Waals surface area contributed by atoms with Gasteiger partial charge >= 0.3 is 0 Å². The Kier molecular flexibility index (Phi) is 3.18. The first kappa shape index (κ1) is 11.7. The molecule has 3 heteroatoms. The van der Waals surface area contributed by atoms with Crippen molar-refractivity contribution in [1.29, 1.82) is 0 Å². The van der Waals surface area contributed by atoms with Crippen LogP contribution in [-0.2, 0) is 0 Å². The molecule has 0 aliphatic carbocycles. The molecule has 1 N–H and O–H groups in total. The smallest absolute Gasteiger partial charge is 0.175 e. The van der Waals surface area contributed by atoms with Crippen molar-refractivity contribution in [3.05, 3.63) is 30.0 Å². The molecule has 2 aromatic rings. The molecule has 0 saturated carbocycles. The van der Waals surface area contributed by atoms with Gasteiger partial charge in [-0.2, -0.15) is 0 Å². The summed E-state index contributed by atoms with van der Waals surface area (Å²) >= 11 is 0. The summed E-state index contributed by atoms with van der Waals surface area (Å²) in [6.07, 6.45) is 0. The van der Waals surface area contributed by atoms with Gasteiger partial charge in [-0.3, -0.25) is 4.79 Å². The van der Waals surface area contributed by atoms with Crippen molar-refractivity contribution in [3.63, 3.8) is 0 Å². The molecule has 3 nitrogen and oxygen atoms in total. The van der Waals surface area contributed by atoms with E-state index in [4.69, 9.17) is 0 Å². The minimum absolute atomic E-state index is 0.0756. The molecular weight excluding hydrogens is 212 g/mol. The first-order valence-electron chi connectivity index (χ1n) is 6.05. The molecule has 0 aliphatic rings. The summed E-state index contributed by atoms with van der Waals surface area (Å²) in [7, 11) is 0. The van der Waals surface area contributed by atoms with Gasteiger partial charge in [0, 0.05) is 25.4 Å². The number of H-pyrrole nitrogens is 1. The van der Waals surface area contributed by atoms with Crippen molar-refractivity contribution in [2.24, 2.45) is 0 Å². The number of rotatable bonds is 4. The number of ketones is 1. The Morgan fingerprint density at radius 2 is 2.00 bits per heavy atom. The molecule has 0 unspecified atom stereocenters. The van der Waals surface area contributed by atoms with Gasteiger partial charge in [-0.15, -0.1) is 0 Å². The summed E-state index contributed by atoms with van der Waals surface area (Å²) in [5.41, 5.74) is 2.90. The van der Waals surface area contributed by atoms with E-state index in [1.807, 2.05) is 18.2 Å². The monoisotopic (exact) mass is 230 g/mol. The zero-order valence-electron chi connectivity index (χ0n) is 10.6. The second kappa shape index (κ2) is 4.62. The molecular formula is C14H18N2O. The second-order valence-electron chi connectivity index (χ2n) is 4.15. The van der Waals surface area contributed by atoms with Crippen LogP contribution in [0.1, 0.15) is 31.3 Å². The lowest BCUT2D eigenvalue weighted by Crippen LogP contribution is -2.21. The number of hydrogen-bond acceptors (Lipinski definition) is 2. The second-order valence-corrected chi connectivity index (χ2v) is 4.15. The summed E-state index contributed by atoms with van der Waals surface area (Å²) in [6, 6.07) is 8.08. The van der Waals surface area contributed by atoms with Crippen LogP contribution in [0.2, 0.25) is 0 Å². The van der Waals surface area contributed by atoms with Gasteiger partial charge in [0.05, 0.1) is 16.9 Å². The average Bonchev–Trinajstić information content (AvgIpc) is 2.75. The molecule has 0 saturated heterocycles. The van der Waals surface area contributed by atoms with Gasteiger partial charge in [-0.1, -0.05) is 12.1 Å². The minimum Gasteiger partial charge on any atom is -0.370 e. The molecule has 90 valence electrons. The highest BCUT2D eigenvalue weighted by Gasteiger charge is 2.11. The largest absolute Gasteiger partial charge is 0.370 e. The molecule has 1 heterocycles. The van der Waals surface area contributed by atoms with Crippen LogP contribution in [-0.4, -0.2) is 23.9 Å². The number of fused-ring (bicyclic) bond motifs is 1. The highest BCUT2D eigenvalue weighted by molar-refractivity contribution is 6.01. The quantitative estimate of drug-likeness (QED) is 0.819. The Hall–Kier alpha value is -1.77. The van der Waals surface area contributed by atoms with E-state index in [2.05, 4.69) is 29.8 Å². The van der Waals surface area contributed by atoms with E-state index in [0.717, 1.165) is 24.0 Å². The number of nitrogens with one attached hydrogen (secondary N) is 1. The Balaban J connectivity index is 2.60. The van der Waals surface area contributed by atoms with Crippen molar-refractivity contribution in [1.82, 2.24) is 4.98 Å². The molecule has 17 heavy (non-hydrogen) atoms. The first-order valence-corrected chi connectivity index (χ1v) is 6.05. The van der Waals surface area contributed by atoms with Gasteiger partial charge < -0.3 is 9.88 Å². The van der Waals surface area contributed by atoms with Crippen LogP contribution in [0.4, 0.5) is 5.69 Å². The lowest BCUT2D eigenvalue weighted by atomic mass is 10.2. The number of anilines is 1. The number of hydrogen-bond donors (Lipinski definition) is 1. The number of aromatic amines is 1. The predicted octanol–water partition coefficient (Wildman–Crippen LogP) is 3.22. The van der Waals surface area contributed by atoms with Gasteiger partial charge in [-0.05, 0) is 26.0 Å². The number of benzene rings is 1. The lowest BCUT2D eigenvalue weighted by Gasteiger charge is -2.21. The van der Waals surface area contributed by atoms with Crippen LogP contribution in [0.25, 0.3) is 10.9 Å². The fourth-order valence-electron chi connectivity index (χ4n) is 2.16. The normalized spacial score (nSPS) is 10.8. The topological polar surface area (TPSA) is 36.1 Å². The Bertz CT molecular complexity index is 538. The van der Waals surface area contributed by atoms with Crippen molar-refractivity contribution in [3.8, 4) is 0 Å². The average molecular weight is 230 g/mol. The van der Waals surface area contributed by atoms with Gasteiger partial charge in [0.2, 0.25) is 0 Å². The van der Waals surface area contributed by atoms with E-state index in [-0.39, 0.29) is 5.78 Å². The van der Waals surface area contributed by atoms with Gasteiger partial charge in [0.25, 0.3) is 0 Å². The number of carbonyl (C=O) groups is 1. The van der Waals surface area contributed by atoms with Crippen LogP contribution in [0.5, 0.6) is 0 Å². The maximum atomic E-state index is 11.4. The summed E-state index contributed by atoms with van der Waals surface area (Å²) in [5, 5.41) is 1.10. The number of nitrogens with zero attached hydrogens (tertiary/aromatic N) is 1. The van der Waals surface area contributed by atoms with Crippen molar-refractivity contribution >= 4 is 22.4 Å². The van der Waals surface area contributed by atoms with Crippen LogP contribution in [0, 0.1) is 0 Å². The molecule has 0 spiro atoms. The van der Waals surface area contributed by atoms with E-state index >= 15 is 0 Å². The fourth-order valence-corrected chi connectivity index (χ4v) is 2.16. The predicted molar refractivity (Wildman–Crippen MR) is 71.9 cm³/mol. The van der Waals surface area contributed by atoms with Crippen LogP contribution >= 0.6 is 0 Å². The van der Waals surface area contributed by atoms with Crippen molar-refractivity contribution in [2.75, 3.05) is 18.0 Å². The third-order valence-electron chi connectivity index (χ3n) is 3.12. The fraction of sp³-hybridized carbons (Fsp3) is 0.357. The lowest BCUT2D eigenvalue weighted by molar-refractivity contribution is 0.101. The molecule has 0 radical (unpaired) electrons. The molecule has 0 bridgehead atoms. The van der Waals surface area contributed by atoms with E-state index in [1.165, 1.54) is 5.69 Å². The van der Waals surface area contributed by atoms with E-state index < -0.39 is 0 Å². The van der Waals surface area contributed by atoms with Gasteiger partial charge in [0.1, 0.15) is 0 Å². The van der Waals surface area contributed by atoms with Crippen LogP contribution in [0.3, 0.4) is 0 Å². The molecule has 0 fully saturated rings. The number of Topliss-reactive ketones (excluding diaryl/α,β-unsaturated/α-hetero) is 1. The zero-order chi connectivity index (χ0) is 12.4. The van der Waals surface area contributed by atoms with Gasteiger partial charge in [0.15, 0.2) is 5.78 Å². The standard InChI is InChI=1S/C14H18N2O/c1-4-16(5-2)13-8-6-7-11-9-12(10(3)17)15-14(11)13/h6-9,15H,4-5H2,1-3H3. The number of carbonyl (C=O) groups excluding carboxylic acids is 1. The summed E-state index contributed by atoms with van der Waals surface area (Å²) in [6.45, 7) is 7.78. The van der Waals surface area contributed by atoms with Crippen LogP contribution in [0.15, 0.2) is 24.3 Å². The summed E-state index contributed by atoms with van der Waals surface area (Å²) in [4.78, 5) is 16.9. The SMILES string of the molecule is CCN(CC)c1cccc2cc(C(C)=O)[nH]c12. The minimum atomic E-state index is 0.0756. The maximum absolute atomic E-state index is 11.4. The van der Waals surface area contributed by atoms with Crippen molar-refractivity contribution < 1.29 is 4.79 Å². The third kappa shape index (κ3) is 2.05.